The maximum absolute atomic E-state index is 10.1. The van der Waals surface area contributed by atoms with Crippen LogP contribution in [0.4, 0.5) is 0 Å². The number of rotatable bonds is 1. The van der Waals surface area contributed by atoms with Crippen molar-refractivity contribution in [1.29, 1.82) is 0 Å². The molecule has 9 heavy (non-hydrogen) atoms. The van der Waals surface area contributed by atoms with Crippen LogP contribution in [0.5, 0.6) is 0 Å². The number of nitro groups is 1. The van der Waals surface area contributed by atoms with Crippen molar-refractivity contribution >= 4 is 0 Å². The van der Waals surface area contributed by atoms with Crippen molar-refractivity contribution < 1.29 is 4.92 Å². The van der Waals surface area contributed by atoms with Gasteiger partial charge in [-0.2, -0.15) is 0 Å². The largest absolute Gasteiger partial charge is 0.287 e. The van der Waals surface area contributed by atoms with Gasteiger partial charge in [0.15, 0.2) is 0 Å². The average Bonchev–Trinajstić information content (AvgIpc) is 2.13. The lowest BCUT2D eigenvalue weighted by molar-refractivity contribution is -0.532. The van der Waals surface area contributed by atoms with E-state index in [1.807, 2.05) is 0 Å². The maximum Gasteiger partial charge on any atom is 0.287 e. The van der Waals surface area contributed by atoms with Gasteiger partial charge in [0.1, 0.15) is 0 Å². The maximum atomic E-state index is 10.1. The van der Waals surface area contributed by atoms with Gasteiger partial charge >= 0.3 is 0 Å². The molecule has 49 valence electrons. The molecule has 1 radical (unpaired) electrons. The fraction of sp³-hybridized carbons (Fsp3) is 0.600. The molecule has 0 saturated heterocycles. The van der Waals surface area contributed by atoms with Crippen LogP contribution in [0.15, 0.2) is 6.08 Å². The first-order valence-corrected chi connectivity index (χ1v) is 2.62. The van der Waals surface area contributed by atoms with E-state index in [0.29, 0.717) is 6.54 Å². The van der Waals surface area contributed by atoms with E-state index in [4.69, 9.17) is 0 Å². The highest BCUT2D eigenvalue weighted by Crippen LogP contribution is 2.04. The predicted octanol–water partition coefficient (Wildman–Crippen LogP) is -0.106. The van der Waals surface area contributed by atoms with Gasteiger partial charge in [0, 0.05) is 17.5 Å². The molecule has 0 amide bonds. The second-order valence-electron chi connectivity index (χ2n) is 1.98. The summed E-state index contributed by atoms with van der Waals surface area (Å²) >= 11 is 0. The highest BCUT2D eigenvalue weighted by Gasteiger charge is 2.25. The zero-order chi connectivity index (χ0) is 6.85. The van der Waals surface area contributed by atoms with Crippen molar-refractivity contribution in [3.05, 3.63) is 22.3 Å². The summed E-state index contributed by atoms with van der Waals surface area (Å²) in [5.41, 5.74) is 0. The Kier molecular flexibility index (Phi) is 1.48. The Bertz CT molecular complexity index is 155. The van der Waals surface area contributed by atoms with Crippen molar-refractivity contribution in [3.8, 4) is 0 Å². The second-order valence-corrected chi connectivity index (χ2v) is 1.98. The summed E-state index contributed by atoms with van der Waals surface area (Å²) in [6.45, 7) is 0.561. The van der Waals surface area contributed by atoms with Gasteiger partial charge in [0.2, 0.25) is 0 Å². The zero-order valence-electron chi connectivity index (χ0n) is 5.07. The van der Waals surface area contributed by atoms with Gasteiger partial charge in [-0.25, -0.2) is 4.90 Å². The minimum Gasteiger partial charge on any atom is -0.262 e. The molecule has 0 aromatic heterocycles. The van der Waals surface area contributed by atoms with E-state index in [2.05, 4.69) is 6.08 Å². The monoisotopic (exact) mass is 127 g/mol. The molecule has 0 aromatic carbocycles. The Morgan fingerprint density at radius 1 is 2.00 bits per heavy atom. The molecule has 1 aliphatic heterocycles. The molecule has 0 N–H and O–H groups in total. The van der Waals surface area contributed by atoms with E-state index in [-0.39, 0.29) is 4.92 Å². The van der Waals surface area contributed by atoms with Crippen LogP contribution in [0, 0.1) is 16.2 Å². The molecule has 0 saturated carbocycles. The summed E-state index contributed by atoms with van der Waals surface area (Å²) in [6.07, 6.45) is 3.59. The van der Waals surface area contributed by atoms with Crippen molar-refractivity contribution in [2.75, 3.05) is 13.6 Å². The number of nitrogens with zero attached hydrogens (tertiary/aromatic N) is 2. The van der Waals surface area contributed by atoms with Gasteiger partial charge < -0.3 is 0 Å². The summed E-state index contributed by atoms with van der Waals surface area (Å²) in [4.78, 5) is 11.4. The molecule has 4 heteroatoms. The van der Waals surface area contributed by atoms with Gasteiger partial charge in [-0.05, 0) is 13.1 Å². The van der Waals surface area contributed by atoms with Crippen molar-refractivity contribution in [3.63, 3.8) is 0 Å². The lowest BCUT2D eigenvalue weighted by Crippen LogP contribution is -2.32. The summed E-state index contributed by atoms with van der Waals surface area (Å²) in [5.74, 6) is 0. The fourth-order valence-electron chi connectivity index (χ4n) is 0.745. The van der Waals surface area contributed by atoms with Crippen LogP contribution < -0.4 is 0 Å². The summed E-state index contributed by atoms with van der Waals surface area (Å²) < 4.78 is 0. The minimum atomic E-state index is -0.648. The van der Waals surface area contributed by atoms with E-state index in [9.17, 15) is 10.1 Å². The van der Waals surface area contributed by atoms with E-state index in [0.717, 1.165) is 0 Å². The average molecular weight is 127 g/mol. The SMILES string of the molecule is CN1C[C]=CC1[N+](=O)[O-]. The predicted molar refractivity (Wildman–Crippen MR) is 31.2 cm³/mol. The summed E-state index contributed by atoms with van der Waals surface area (Å²) in [7, 11) is 1.70. The van der Waals surface area contributed by atoms with Crippen molar-refractivity contribution in [2.24, 2.45) is 0 Å². The van der Waals surface area contributed by atoms with Crippen LogP contribution in [0.1, 0.15) is 0 Å². The molecule has 1 unspecified atom stereocenters. The lowest BCUT2D eigenvalue weighted by Gasteiger charge is -2.09. The molecule has 1 atom stereocenters. The summed E-state index contributed by atoms with van der Waals surface area (Å²) in [5, 5.41) is 10.1. The number of hydrogen-bond acceptors (Lipinski definition) is 3. The van der Waals surface area contributed by atoms with Crippen molar-refractivity contribution in [1.82, 2.24) is 4.90 Å². The molecule has 0 bridgehead atoms. The molecule has 0 aromatic rings. The second kappa shape index (κ2) is 2.14. The third-order valence-electron chi connectivity index (χ3n) is 1.28. The van der Waals surface area contributed by atoms with Gasteiger partial charge in [-0.15, -0.1) is 0 Å². The van der Waals surface area contributed by atoms with Crippen LogP contribution in [0.3, 0.4) is 0 Å². The molecule has 1 aliphatic rings. The Morgan fingerprint density at radius 2 is 2.67 bits per heavy atom. The van der Waals surface area contributed by atoms with E-state index in [1.54, 1.807) is 11.9 Å². The number of likely N-dealkylation sites (N-methyl/N-ethyl adjacent to an activating group) is 1. The van der Waals surface area contributed by atoms with E-state index in [1.165, 1.54) is 6.08 Å². The minimum absolute atomic E-state index is 0.333. The molecule has 0 fully saturated rings. The Labute approximate surface area is 52.9 Å². The first-order chi connectivity index (χ1) is 4.22. The number of hydrogen-bond donors (Lipinski definition) is 0. The third-order valence-corrected chi connectivity index (χ3v) is 1.28. The van der Waals surface area contributed by atoms with Crippen LogP contribution in [-0.2, 0) is 0 Å². The van der Waals surface area contributed by atoms with Gasteiger partial charge in [-0.3, -0.25) is 10.1 Å². The first-order valence-electron chi connectivity index (χ1n) is 2.62. The molecular formula is C5H7N2O2. The zero-order valence-corrected chi connectivity index (χ0v) is 5.07. The standard InChI is InChI=1S/C5H7N2O2/c1-6-4-2-3-5(6)7(8)9/h3,5H,4H2,1H3. The van der Waals surface area contributed by atoms with Crippen LogP contribution >= 0.6 is 0 Å². The highest BCUT2D eigenvalue weighted by atomic mass is 16.6. The topological polar surface area (TPSA) is 46.4 Å². The molecule has 1 rings (SSSR count). The van der Waals surface area contributed by atoms with Gasteiger partial charge in [0.05, 0.1) is 0 Å². The molecule has 4 nitrogen and oxygen atoms in total. The highest BCUT2D eigenvalue weighted by molar-refractivity contribution is 4.91. The lowest BCUT2D eigenvalue weighted by atomic mass is 10.5. The molecule has 1 heterocycles. The van der Waals surface area contributed by atoms with Gasteiger partial charge in [-0.1, -0.05) is 0 Å². The first kappa shape index (κ1) is 6.22. The normalized spacial score (nSPS) is 27.0. The van der Waals surface area contributed by atoms with E-state index >= 15 is 0 Å². The molecule has 0 spiro atoms. The fourth-order valence-corrected chi connectivity index (χ4v) is 0.745. The van der Waals surface area contributed by atoms with Crippen LogP contribution in [0.2, 0.25) is 0 Å². The van der Waals surface area contributed by atoms with Crippen LogP contribution in [-0.4, -0.2) is 29.6 Å². The third kappa shape index (κ3) is 1.08. The molecule has 0 aliphatic carbocycles. The Morgan fingerprint density at radius 3 is 2.89 bits per heavy atom. The quantitative estimate of drug-likeness (QED) is 0.365. The summed E-state index contributed by atoms with van der Waals surface area (Å²) in [6, 6.07) is 0. The smallest absolute Gasteiger partial charge is 0.262 e. The van der Waals surface area contributed by atoms with Crippen molar-refractivity contribution in [2.45, 2.75) is 6.17 Å². The van der Waals surface area contributed by atoms with E-state index < -0.39 is 6.17 Å². The molecular weight excluding hydrogens is 120 g/mol. The van der Waals surface area contributed by atoms with Crippen LogP contribution in [0.25, 0.3) is 0 Å². The van der Waals surface area contributed by atoms with Gasteiger partial charge in [0.25, 0.3) is 6.17 Å². The Balaban J connectivity index is 2.59. The Hall–Kier alpha value is -0.900.